The molecule has 0 unspecified atom stereocenters. The zero-order valence-electron chi connectivity index (χ0n) is 16.8. The second kappa shape index (κ2) is 8.92. The molecule has 0 fully saturated rings. The quantitative estimate of drug-likeness (QED) is 0.319. The number of ether oxygens (including phenoxy) is 3. The molecule has 1 heterocycles. The van der Waals surface area contributed by atoms with Crippen molar-refractivity contribution in [2.45, 2.75) is 13.5 Å². The van der Waals surface area contributed by atoms with Gasteiger partial charge >= 0.3 is 0 Å². The maximum atomic E-state index is 13.0. The van der Waals surface area contributed by atoms with E-state index in [9.17, 15) is 4.79 Å². The summed E-state index contributed by atoms with van der Waals surface area (Å²) >= 11 is 12.1. The summed E-state index contributed by atoms with van der Waals surface area (Å²) in [6.45, 7) is 1.93. The van der Waals surface area contributed by atoms with E-state index in [4.69, 9.17) is 41.8 Å². The van der Waals surface area contributed by atoms with Gasteiger partial charge in [0, 0.05) is 21.7 Å². The molecule has 0 spiro atoms. The molecule has 0 radical (unpaired) electrons. The predicted octanol–water partition coefficient (Wildman–Crippen LogP) is 6.79. The fourth-order valence-electron chi connectivity index (χ4n) is 3.04. The van der Waals surface area contributed by atoms with Crippen LogP contribution in [0.1, 0.15) is 11.3 Å². The number of halogens is 2. The first-order chi connectivity index (χ1) is 14.9. The summed E-state index contributed by atoms with van der Waals surface area (Å²) in [7, 11) is 1.58. The summed E-state index contributed by atoms with van der Waals surface area (Å²) in [5, 5.41) is 1.48. The average molecular weight is 457 g/mol. The first-order valence-corrected chi connectivity index (χ1v) is 10.2. The van der Waals surface area contributed by atoms with E-state index in [0.717, 1.165) is 5.56 Å². The van der Waals surface area contributed by atoms with Gasteiger partial charge in [0.2, 0.25) is 11.2 Å². The number of benzene rings is 3. The van der Waals surface area contributed by atoms with Gasteiger partial charge in [-0.1, -0.05) is 29.3 Å². The van der Waals surface area contributed by atoms with E-state index < -0.39 is 0 Å². The van der Waals surface area contributed by atoms with Gasteiger partial charge in [-0.15, -0.1) is 0 Å². The van der Waals surface area contributed by atoms with Crippen LogP contribution >= 0.6 is 23.2 Å². The normalized spacial score (nSPS) is 10.8. The molecule has 31 heavy (non-hydrogen) atoms. The molecule has 0 saturated heterocycles. The fraction of sp³-hybridized carbons (Fsp3) is 0.125. The lowest BCUT2D eigenvalue weighted by atomic mass is 10.2. The number of rotatable bonds is 6. The molecule has 4 rings (SSSR count). The number of methoxy groups -OCH3 is 1. The highest BCUT2D eigenvalue weighted by atomic mass is 35.5. The van der Waals surface area contributed by atoms with Crippen LogP contribution in [0.3, 0.4) is 0 Å². The topological polar surface area (TPSA) is 57.9 Å². The lowest BCUT2D eigenvalue weighted by molar-refractivity contribution is 0.306. The standard InChI is InChI=1S/C24H18Cl2O5/c1-14-24(31-18-7-5-17(28-2)6-8-18)23(27)20-10-9-19(12-22(20)30-14)29-13-15-3-4-16(25)11-21(15)26/h3-12H,13H2,1-2H3. The van der Waals surface area contributed by atoms with Crippen molar-refractivity contribution in [1.82, 2.24) is 0 Å². The Morgan fingerprint density at radius 3 is 2.32 bits per heavy atom. The second-order valence-electron chi connectivity index (χ2n) is 6.78. The lowest BCUT2D eigenvalue weighted by Gasteiger charge is -2.11. The van der Waals surface area contributed by atoms with Crippen molar-refractivity contribution < 1.29 is 18.6 Å². The Kier molecular flexibility index (Phi) is 6.07. The van der Waals surface area contributed by atoms with Gasteiger partial charge in [0.25, 0.3) is 0 Å². The minimum Gasteiger partial charge on any atom is -0.497 e. The molecule has 7 heteroatoms. The Labute approximate surface area is 188 Å². The van der Waals surface area contributed by atoms with Crippen molar-refractivity contribution in [3.8, 4) is 23.0 Å². The van der Waals surface area contributed by atoms with Crippen LogP contribution in [0.4, 0.5) is 0 Å². The SMILES string of the molecule is COc1ccc(Oc2c(C)oc3cc(OCc4ccc(Cl)cc4Cl)ccc3c2=O)cc1. The van der Waals surface area contributed by atoms with E-state index in [-0.39, 0.29) is 17.8 Å². The minimum absolute atomic E-state index is 0.138. The third-order valence-electron chi connectivity index (χ3n) is 4.68. The van der Waals surface area contributed by atoms with E-state index >= 15 is 0 Å². The van der Waals surface area contributed by atoms with E-state index in [2.05, 4.69) is 0 Å². The Bertz CT molecular complexity index is 1300. The minimum atomic E-state index is -0.262. The van der Waals surface area contributed by atoms with Crippen LogP contribution in [0.5, 0.6) is 23.0 Å². The smallest absolute Gasteiger partial charge is 0.235 e. The average Bonchev–Trinajstić information content (AvgIpc) is 2.76. The van der Waals surface area contributed by atoms with Gasteiger partial charge in [-0.25, -0.2) is 0 Å². The van der Waals surface area contributed by atoms with Crippen LogP contribution in [-0.2, 0) is 6.61 Å². The van der Waals surface area contributed by atoms with Gasteiger partial charge in [0.1, 0.15) is 35.2 Å². The number of fused-ring (bicyclic) bond motifs is 1. The van der Waals surface area contributed by atoms with Gasteiger partial charge in [0.05, 0.1) is 12.5 Å². The Balaban J connectivity index is 1.59. The molecule has 0 N–H and O–H groups in total. The Hall–Kier alpha value is -3.15. The predicted molar refractivity (Wildman–Crippen MR) is 121 cm³/mol. The Morgan fingerprint density at radius 1 is 0.903 bits per heavy atom. The van der Waals surface area contributed by atoms with E-state index in [1.165, 1.54) is 0 Å². The molecular formula is C24H18Cl2O5. The van der Waals surface area contributed by atoms with E-state index in [1.807, 2.05) is 0 Å². The van der Waals surface area contributed by atoms with Crippen LogP contribution in [0.2, 0.25) is 10.0 Å². The highest BCUT2D eigenvalue weighted by Crippen LogP contribution is 2.29. The molecule has 5 nitrogen and oxygen atoms in total. The van der Waals surface area contributed by atoms with Gasteiger partial charge in [0.15, 0.2) is 0 Å². The maximum absolute atomic E-state index is 13.0. The van der Waals surface area contributed by atoms with Crippen molar-refractivity contribution in [2.24, 2.45) is 0 Å². The van der Waals surface area contributed by atoms with Crippen molar-refractivity contribution in [2.75, 3.05) is 7.11 Å². The summed E-state index contributed by atoms with van der Waals surface area (Å²) < 4.78 is 22.6. The summed E-state index contributed by atoms with van der Waals surface area (Å²) in [5.74, 6) is 2.26. The molecule has 158 valence electrons. The van der Waals surface area contributed by atoms with E-state index in [0.29, 0.717) is 44.0 Å². The van der Waals surface area contributed by atoms with Gasteiger partial charge in [-0.3, -0.25) is 4.79 Å². The second-order valence-corrected chi connectivity index (χ2v) is 7.62. The third-order valence-corrected chi connectivity index (χ3v) is 5.26. The van der Waals surface area contributed by atoms with E-state index in [1.54, 1.807) is 74.7 Å². The molecule has 0 bridgehead atoms. The zero-order chi connectivity index (χ0) is 22.0. The summed E-state index contributed by atoms with van der Waals surface area (Å²) in [6, 6.07) is 17.2. The van der Waals surface area contributed by atoms with Crippen LogP contribution in [-0.4, -0.2) is 7.11 Å². The molecule has 0 amide bonds. The highest BCUT2D eigenvalue weighted by molar-refractivity contribution is 6.35. The molecule has 4 aromatic rings. The van der Waals surface area contributed by atoms with Crippen LogP contribution in [0.25, 0.3) is 11.0 Å². The monoisotopic (exact) mass is 456 g/mol. The number of hydrogen-bond donors (Lipinski definition) is 0. The first kappa shape index (κ1) is 21.1. The van der Waals surface area contributed by atoms with Crippen molar-refractivity contribution in [3.05, 3.63) is 92.3 Å². The van der Waals surface area contributed by atoms with Crippen molar-refractivity contribution in [1.29, 1.82) is 0 Å². The summed E-state index contributed by atoms with van der Waals surface area (Å²) in [5.41, 5.74) is 0.943. The van der Waals surface area contributed by atoms with Gasteiger partial charge in [-0.2, -0.15) is 0 Å². The highest BCUT2D eigenvalue weighted by Gasteiger charge is 2.15. The molecule has 0 saturated carbocycles. The molecule has 0 aliphatic carbocycles. The van der Waals surface area contributed by atoms with Gasteiger partial charge in [-0.05, 0) is 55.5 Å². The molecule has 1 aromatic heterocycles. The lowest BCUT2D eigenvalue weighted by Crippen LogP contribution is -2.07. The van der Waals surface area contributed by atoms with Crippen molar-refractivity contribution >= 4 is 34.2 Å². The van der Waals surface area contributed by atoms with Crippen LogP contribution in [0.15, 0.2) is 69.9 Å². The van der Waals surface area contributed by atoms with Crippen molar-refractivity contribution in [3.63, 3.8) is 0 Å². The zero-order valence-corrected chi connectivity index (χ0v) is 18.3. The molecular weight excluding hydrogens is 439 g/mol. The molecule has 0 aliphatic rings. The fourth-order valence-corrected chi connectivity index (χ4v) is 3.50. The van der Waals surface area contributed by atoms with Crippen LogP contribution < -0.4 is 19.6 Å². The molecule has 0 aliphatic heterocycles. The first-order valence-electron chi connectivity index (χ1n) is 9.40. The Morgan fingerprint density at radius 2 is 1.61 bits per heavy atom. The van der Waals surface area contributed by atoms with Gasteiger partial charge < -0.3 is 18.6 Å². The summed E-state index contributed by atoms with van der Waals surface area (Å²) in [4.78, 5) is 13.0. The summed E-state index contributed by atoms with van der Waals surface area (Å²) in [6.07, 6.45) is 0. The maximum Gasteiger partial charge on any atom is 0.235 e. The number of hydrogen-bond acceptors (Lipinski definition) is 5. The molecule has 3 aromatic carbocycles. The molecule has 0 atom stereocenters. The number of aryl methyl sites for hydroxylation is 1. The van der Waals surface area contributed by atoms with Crippen LogP contribution in [0, 0.1) is 6.92 Å². The third kappa shape index (κ3) is 4.63. The largest absolute Gasteiger partial charge is 0.497 e.